The predicted octanol–water partition coefficient (Wildman–Crippen LogP) is 2.50. The van der Waals surface area contributed by atoms with E-state index < -0.39 is 0 Å². The van der Waals surface area contributed by atoms with Gasteiger partial charge in [0.05, 0.1) is 0 Å². The summed E-state index contributed by atoms with van der Waals surface area (Å²) in [5, 5.41) is 8.70. The molecule has 0 saturated carbocycles. The molecular formula is C11H7N3S. The molecule has 0 aliphatic carbocycles. The fourth-order valence-corrected chi connectivity index (χ4v) is 1.91. The number of rotatable bonds is 2. The van der Waals surface area contributed by atoms with E-state index in [0.29, 0.717) is 5.69 Å². The van der Waals surface area contributed by atoms with Gasteiger partial charge in [-0.05, 0) is 24.3 Å². The van der Waals surface area contributed by atoms with Gasteiger partial charge < -0.3 is 0 Å². The molecule has 0 atom stereocenters. The molecule has 15 heavy (non-hydrogen) atoms. The van der Waals surface area contributed by atoms with E-state index in [1.807, 2.05) is 24.3 Å². The minimum Gasteiger partial charge on any atom is -0.265 e. The molecule has 0 unspecified atom stereocenters. The maximum absolute atomic E-state index is 8.70. The minimum atomic E-state index is 0.439. The molecule has 3 nitrogen and oxygen atoms in total. The molecule has 0 aliphatic rings. The van der Waals surface area contributed by atoms with Gasteiger partial charge in [-0.25, -0.2) is 4.98 Å². The van der Waals surface area contributed by atoms with Gasteiger partial charge in [0.1, 0.15) is 11.8 Å². The summed E-state index contributed by atoms with van der Waals surface area (Å²) in [6.07, 6.45) is 5.13. The number of nitrogens with zero attached hydrogens (tertiary/aromatic N) is 3. The Labute approximate surface area is 91.8 Å². The Morgan fingerprint density at radius 2 is 1.80 bits per heavy atom. The maximum Gasteiger partial charge on any atom is 0.141 e. The lowest BCUT2D eigenvalue weighted by Crippen LogP contribution is -1.81. The molecule has 2 heterocycles. The summed E-state index contributed by atoms with van der Waals surface area (Å²) in [4.78, 5) is 9.96. The first-order valence-electron chi connectivity index (χ1n) is 4.32. The Hall–Kier alpha value is -1.86. The van der Waals surface area contributed by atoms with Crippen LogP contribution in [0.2, 0.25) is 0 Å². The largest absolute Gasteiger partial charge is 0.265 e. The van der Waals surface area contributed by atoms with Gasteiger partial charge in [-0.3, -0.25) is 4.98 Å². The Kier molecular flexibility index (Phi) is 2.96. The second kappa shape index (κ2) is 4.58. The summed E-state index contributed by atoms with van der Waals surface area (Å²) < 4.78 is 0. The highest BCUT2D eigenvalue weighted by atomic mass is 32.2. The summed E-state index contributed by atoms with van der Waals surface area (Å²) in [5.74, 6) is 0. The molecule has 0 radical (unpaired) electrons. The number of hydrogen-bond donors (Lipinski definition) is 0. The van der Waals surface area contributed by atoms with Gasteiger partial charge in [0, 0.05) is 28.4 Å². The summed E-state index contributed by atoms with van der Waals surface area (Å²) >= 11 is 1.59. The molecule has 2 rings (SSSR count). The van der Waals surface area contributed by atoms with E-state index in [1.54, 1.807) is 36.4 Å². The van der Waals surface area contributed by atoms with Crippen LogP contribution in [-0.2, 0) is 0 Å². The number of nitriles is 1. The van der Waals surface area contributed by atoms with Gasteiger partial charge in [-0.2, -0.15) is 5.26 Å². The highest BCUT2D eigenvalue weighted by Gasteiger charge is 1.98. The Balaban J connectivity index is 2.22. The van der Waals surface area contributed by atoms with Gasteiger partial charge in [0.25, 0.3) is 0 Å². The molecule has 0 N–H and O–H groups in total. The minimum absolute atomic E-state index is 0.439. The first-order valence-corrected chi connectivity index (χ1v) is 5.14. The summed E-state index contributed by atoms with van der Waals surface area (Å²) in [6, 6.07) is 9.52. The zero-order valence-corrected chi connectivity index (χ0v) is 8.61. The van der Waals surface area contributed by atoms with Crippen LogP contribution in [0, 0.1) is 11.3 Å². The quantitative estimate of drug-likeness (QED) is 0.769. The first kappa shape index (κ1) is 9.69. The molecule has 0 bridgehead atoms. The van der Waals surface area contributed by atoms with Crippen LogP contribution in [-0.4, -0.2) is 9.97 Å². The summed E-state index contributed by atoms with van der Waals surface area (Å²) in [5.41, 5.74) is 0.439. The van der Waals surface area contributed by atoms with Gasteiger partial charge >= 0.3 is 0 Å². The van der Waals surface area contributed by atoms with Crippen LogP contribution < -0.4 is 0 Å². The van der Waals surface area contributed by atoms with Gasteiger partial charge in [0.2, 0.25) is 0 Å². The van der Waals surface area contributed by atoms with Crippen LogP contribution in [0.3, 0.4) is 0 Å². The van der Waals surface area contributed by atoms with E-state index >= 15 is 0 Å². The van der Waals surface area contributed by atoms with E-state index in [0.717, 1.165) is 9.79 Å². The van der Waals surface area contributed by atoms with E-state index in [9.17, 15) is 0 Å². The fourth-order valence-electron chi connectivity index (χ4n) is 1.08. The zero-order chi connectivity index (χ0) is 10.5. The molecule has 0 spiro atoms. The lowest BCUT2D eigenvalue weighted by atomic mass is 10.4. The highest BCUT2D eigenvalue weighted by Crippen LogP contribution is 2.26. The lowest BCUT2D eigenvalue weighted by molar-refractivity contribution is 1.21. The monoisotopic (exact) mass is 213 g/mol. The van der Waals surface area contributed by atoms with Gasteiger partial charge in [-0.15, -0.1) is 0 Å². The summed E-state index contributed by atoms with van der Waals surface area (Å²) in [7, 11) is 0. The van der Waals surface area contributed by atoms with E-state index in [1.165, 1.54) is 0 Å². The highest BCUT2D eigenvalue weighted by molar-refractivity contribution is 7.99. The SMILES string of the molecule is N#Cc1cc(Sc2ccncc2)ccn1. The zero-order valence-electron chi connectivity index (χ0n) is 7.79. The average Bonchev–Trinajstić information content (AvgIpc) is 2.31. The van der Waals surface area contributed by atoms with Gasteiger partial charge in [-0.1, -0.05) is 11.8 Å². The molecule has 0 fully saturated rings. The smallest absolute Gasteiger partial charge is 0.141 e. The van der Waals surface area contributed by atoms with Crippen LogP contribution in [0.5, 0.6) is 0 Å². The fraction of sp³-hybridized carbons (Fsp3) is 0. The molecule has 0 saturated heterocycles. The van der Waals surface area contributed by atoms with Crippen LogP contribution >= 0.6 is 11.8 Å². The normalized spacial score (nSPS) is 9.53. The van der Waals surface area contributed by atoms with Crippen molar-refractivity contribution >= 4 is 11.8 Å². The molecule has 72 valence electrons. The molecule has 4 heteroatoms. The Morgan fingerprint density at radius 3 is 2.53 bits per heavy atom. The standard InChI is InChI=1S/C11H7N3S/c12-8-9-7-11(3-6-14-9)15-10-1-4-13-5-2-10/h1-7H. The third-order valence-electron chi connectivity index (χ3n) is 1.73. The van der Waals surface area contributed by atoms with Crippen molar-refractivity contribution in [3.8, 4) is 6.07 Å². The third kappa shape index (κ3) is 2.55. The topological polar surface area (TPSA) is 49.6 Å². The first-order chi connectivity index (χ1) is 7.38. The number of pyridine rings is 2. The number of aromatic nitrogens is 2. The molecule has 0 aliphatic heterocycles. The van der Waals surface area contributed by atoms with Crippen molar-refractivity contribution < 1.29 is 0 Å². The van der Waals surface area contributed by atoms with E-state index in [4.69, 9.17) is 5.26 Å². The van der Waals surface area contributed by atoms with Crippen molar-refractivity contribution in [3.05, 3.63) is 48.5 Å². The van der Waals surface area contributed by atoms with Gasteiger partial charge in [0.15, 0.2) is 0 Å². The molecule has 0 aromatic carbocycles. The Bertz CT molecular complexity index is 491. The Morgan fingerprint density at radius 1 is 1.07 bits per heavy atom. The maximum atomic E-state index is 8.70. The molecule has 0 amide bonds. The number of hydrogen-bond acceptors (Lipinski definition) is 4. The van der Waals surface area contributed by atoms with Crippen LogP contribution in [0.25, 0.3) is 0 Å². The van der Waals surface area contributed by atoms with Crippen molar-refractivity contribution in [2.45, 2.75) is 9.79 Å². The van der Waals surface area contributed by atoms with E-state index in [2.05, 4.69) is 9.97 Å². The average molecular weight is 213 g/mol. The van der Waals surface area contributed by atoms with Crippen LogP contribution in [0.15, 0.2) is 52.6 Å². The second-order valence-electron chi connectivity index (χ2n) is 2.77. The summed E-state index contributed by atoms with van der Waals surface area (Å²) in [6.45, 7) is 0. The van der Waals surface area contributed by atoms with Crippen molar-refractivity contribution in [2.24, 2.45) is 0 Å². The van der Waals surface area contributed by atoms with Crippen molar-refractivity contribution in [1.29, 1.82) is 5.26 Å². The molecule has 2 aromatic rings. The molecular weight excluding hydrogens is 206 g/mol. The predicted molar refractivity (Wildman–Crippen MR) is 57.3 cm³/mol. The van der Waals surface area contributed by atoms with E-state index in [-0.39, 0.29) is 0 Å². The lowest BCUT2D eigenvalue weighted by Gasteiger charge is -2.00. The van der Waals surface area contributed by atoms with Crippen molar-refractivity contribution in [3.63, 3.8) is 0 Å². The van der Waals surface area contributed by atoms with Crippen LogP contribution in [0.4, 0.5) is 0 Å². The van der Waals surface area contributed by atoms with Crippen molar-refractivity contribution in [1.82, 2.24) is 9.97 Å². The third-order valence-corrected chi connectivity index (χ3v) is 2.73. The van der Waals surface area contributed by atoms with Crippen LogP contribution in [0.1, 0.15) is 5.69 Å². The second-order valence-corrected chi connectivity index (χ2v) is 3.92. The van der Waals surface area contributed by atoms with Crippen molar-refractivity contribution in [2.75, 3.05) is 0 Å². The molecule has 2 aromatic heterocycles.